The minimum Gasteiger partial charge on any atom is -0.544 e. The third-order valence-electron chi connectivity index (χ3n) is 4.10. The average Bonchev–Trinajstić information content (AvgIpc) is 2.18. The van der Waals surface area contributed by atoms with Crippen LogP contribution in [-0.4, -0.2) is 25.6 Å². The number of likely N-dealkylation sites (tertiary alicyclic amines) is 1. The first-order chi connectivity index (χ1) is 6.95. The number of rotatable bonds is 4. The number of carbonyl (C=O) groups excluding carboxylic acids is 1. The molecule has 1 saturated heterocycles. The monoisotopic (exact) mass is 213 g/mol. The Hall–Kier alpha value is -0.570. The normalized spacial score (nSPS) is 27.7. The molecule has 0 aromatic heterocycles. The summed E-state index contributed by atoms with van der Waals surface area (Å²) in [6.07, 6.45) is 3.51. The van der Waals surface area contributed by atoms with Crippen LogP contribution < -0.4 is 10.0 Å². The van der Waals surface area contributed by atoms with Gasteiger partial charge in [0.1, 0.15) is 6.54 Å². The lowest BCUT2D eigenvalue weighted by molar-refractivity contribution is -0.901. The number of quaternary nitrogens is 1. The smallest absolute Gasteiger partial charge is 0.117 e. The summed E-state index contributed by atoms with van der Waals surface area (Å²) < 4.78 is 0. The van der Waals surface area contributed by atoms with Crippen molar-refractivity contribution in [2.45, 2.75) is 40.0 Å². The number of carbonyl (C=O) groups is 1. The first-order valence-corrected chi connectivity index (χ1v) is 5.99. The number of carboxylic acid groups (broad SMARTS) is 1. The first-order valence-electron chi connectivity index (χ1n) is 5.99. The molecule has 0 amide bonds. The second-order valence-electron chi connectivity index (χ2n) is 5.42. The maximum atomic E-state index is 10.5. The number of aliphatic carboxylic acids is 1. The van der Waals surface area contributed by atoms with E-state index in [0.29, 0.717) is 5.41 Å². The number of piperidine rings is 1. The molecule has 0 bridgehead atoms. The zero-order valence-corrected chi connectivity index (χ0v) is 10.1. The quantitative estimate of drug-likeness (QED) is 0.682. The van der Waals surface area contributed by atoms with Crippen molar-refractivity contribution < 1.29 is 14.8 Å². The lowest BCUT2D eigenvalue weighted by Gasteiger charge is -2.38. The lowest BCUT2D eigenvalue weighted by Crippen LogP contribution is -3.14. The molecule has 1 aliphatic heterocycles. The molecule has 3 nitrogen and oxygen atoms in total. The summed E-state index contributed by atoms with van der Waals surface area (Å²) in [6.45, 7) is 9.03. The van der Waals surface area contributed by atoms with Gasteiger partial charge in [0.2, 0.25) is 0 Å². The molecule has 1 rings (SSSR count). The largest absolute Gasteiger partial charge is 0.544 e. The number of nitrogens with one attached hydrogen (secondary N) is 1. The SMILES string of the molecule is CCC(C)(C)C1CC[NH+](CC(=O)[O-])CC1. The molecule has 0 radical (unpaired) electrons. The summed E-state index contributed by atoms with van der Waals surface area (Å²) in [5.41, 5.74) is 0.410. The minimum absolute atomic E-state index is 0.180. The van der Waals surface area contributed by atoms with E-state index in [9.17, 15) is 9.90 Å². The lowest BCUT2D eigenvalue weighted by atomic mass is 9.72. The number of carboxylic acids is 1. The molecule has 0 spiro atoms. The topological polar surface area (TPSA) is 44.6 Å². The van der Waals surface area contributed by atoms with Crippen LogP contribution in [0.3, 0.4) is 0 Å². The van der Waals surface area contributed by atoms with Gasteiger partial charge in [-0.05, 0) is 11.3 Å². The molecule has 0 aliphatic carbocycles. The Kier molecular flexibility index (Phi) is 4.14. The fourth-order valence-electron chi connectivity index (χ4n) is 2.48. The van der Waals surface area contributed by atoms with Gasteiger partial charge >= 0.3 is 0 Å². The fourth-order valence-corrected chi connectivity index (χ4v) is 2.48. The molecular weight excluding hydrogens is 190 g/mol. The predicted molar refractivity (Wildman–Crippen MR) is 57.4 cm³/mol. The van der Waals surface area contributed by atoms with E-state index >= 15 is 0 Å². The molecule has 1 aliphatic rings. The van der Waals surface area contributed by atoms with E-state index < -0.39 is 5.97 Å². The molecule has 1 N–H and O–H groups in total. The van der Waals surface area contributed by atoms with Gasteiger partial charge in [0.05, 0.1) is 19.1 Å². The standard InChI is InChI=1S/C12H23NO2/c1-4-12(2,3)10-5-7-13(8-6-10)9-11(14)15/h10H,4-9H2,1-3H3,(H,14,15). The Morgan fingerprint density at radius 2 is 1.93 bits per heavy atom. The van der Waals surface area contributed by atoms with E-state index in [2.05, 4.69) is 20.8 Å². The molecule has 0 aromatic rings. The molecule has 0 aromatic carbocycles. The van der Waals surface area contributed by atoms with Crippen LogP contribution in [0.25, 0.3) is 0 Å². The molecule has 15 heavy (non-hydrogen) atoms. The summed E-state index contributed by atoms with van der Waals surface area (Å²) in [5, 5.41) is 10.5. The van der Waals surface area contributed by atoms with E-state index in [1.165, 1.54) is 11.3 Å². The maximum absolute atomic E-state index is 10.5. The van der Waals surface area contributed by atoms with Gasteiger partial charge in [-0.2, -0.15) is 0 Å². The van der Waals surface area contributed by atoms with Gasteiger partial charge in [-0.15, -0.1) is 0 Å². The van der Waals surface area contributed by atoms with Gasteiger partial charge in [-0.25, -0.2) is 0 Å². The van der Waals surface area contributed by atoms with Gasteiger partial charge in [0.25, 0.3) is 0 Å². The first kappa shape index (κ1) is 12.5. The van der Waals surface area contributed by atoms with Crippen LogP contribution in [0.1, 0.15) is 40.0 Å². The van der Waals surface area contributed by atoms with Gasteiger partial charge in [0, 0.05) is 12.8 Å². The molecule has 1 heterocycles. The summed E-state index contributed by atoms with van der Waals surface area (Å²) in [4.78, 5) is 11.6. The van der Waals surface area contributed by atoms with E-state index in [1.54, 1.807) is 0 Å². The molecule has 0 unspecified atom stereocenters. The van der Waals surface area contributed by atoms with Crippen molar-refractivity contribution in [3.63, 3.8) is 0 Å². The third kappa shape index (κ3) is 3.49. The van der Waals surface area contributed by atoms with Crippen LogP contribution in [0.2, 0.25) is 0 Å². The van der Waals surface area contributed by atoms with E-state index in [4.69, 9.17) is 0 Å². The van der Waals surface area contributed by atoms with E-state index in [0.717, 1.165) is 31.8 Å². The van der Waals surface area contributed by atoms with Gasteiger partial charge in [0.15, 0.2) is 0 Å². The Morgan fingerprint density at radius 1 is 1.40 bits per heavy atom. The van der Waals surface area contributed by atoms with Crippen molar-refractivity contribution in [1.29, 1.82) is 0 Å². The van der Waals surface area contributed by atoms with Crippen LogP contribution >= 0.6 is 0 Å². The summed E-state index contributed by atoms with van der Waals surface area (Å²) >= 11 is 0. The molecule has 0 atom stereocenters. The van der Waals surface area contributed by atoms with Gasteiger partial charge < -0.3 is 14.8 Å². The van der Waals surface area contributed by atoms with Crippen molar-refractivity contribution >= 4 is 5.97 Å². The van der Waals surface area contributed by atoms with E-state index in [-0.39, 0.29) is 6.54 Å². The second kappa shape index (κ2) is 4.97. The third-order valence-corrected chi connectivity index (χ3v) is 4.10. The van der Waals surface area contributed by atoms with Crippen LogP contribution in [0.15, 0.2) is 0 Å². The molecule has 0 saturated carbocycles. The molecule has 88 valence electrons. The summed E-state index contributed by atoms with van der Waals surface area (Å²) in [5.74, 6) is -0.161. The molecule has 3 heteroatoms. The van der Waals surface area contributed by atoms with Crippen molar-refractivity contribution in [3.05, 3.63) is 0 Å². The average molecular weight is 213 g/mol. The minimum atomic E-state index is -0.918. The van der Waals surface area contributed by atoms with Crippen LogP contribution in [0.5, 0.6) is 0 Å². The van der Waals surface area contributed by atoms with Crippen molar-refractivity contribution in [1.82, 2.24) is 0 Å². The Labute approximate surface area is 92.5 Å². The highest BCUT2D eigenvalue weighted by atomic mass is 16.4. The number of hydrogen-bond acceptors (Lipinski definition) is 2. The maximum Gasteiger partial charge on any atom is 0.117 e. The van der Waals surface area contributed by atoms with Gasteiger partial charge in [-0.3, -0.25) is 0 Å². The van der Waals surface area contributed by atoms with Crippen molar-refractivity contribution in [2.24, 2.45) is 11.3 Å². The number of hydrogen-bond donors (Lipinski definition) is 1. The Balaban J connectivity index is 2.39. The van der Waals surface area contributed by atoms with Gasteiger partial charge in [-0.1, -0.05) is 27.2 Å². The summed E-state index contributed by atoms with van der Waals surface area (Å²) in [7, 11) is 0. The second-order valence-corrected chi connectivity index (χ2v) is 5.42. The van der Waals surface area contributed by atoms with E-state index in [1.807, 2.05) is 0 Å². The van der Waals surface area contributed by atoms with Crippen LogP contribution in [-0.2, 0) is 4.79 Å². The van der Waals surface area contributed by atoms with Crippen LogP contribution in [0, 0.1) is 11.3 Å². The highest BCUT2D eigenvalue weighted by Gasteiger charge is 2.32. The highest BCUT2D eigenvalue weighted by molar-refractivity contribution is 5.65. The highest BCUT2D eigenvalue weighted by Crippen LogP contribution is 2.35. The fraction of sp³-hybridized carbons (Fsp3) is 0.917. The Morgan fingerprint density at radius 3 is 2.33 bits per heavy atom. The Bertz CT molecular complexity index is 218. The van der Waals surface area contributed by atoms with Crippen LogP contribution in [0.4, 0.5) is 0 Å². The zero-order valence-electron chi connectivity index (χ0n) is 10.1. The zero-order chi connectivity index (χ0) is 11.5. The van der Waals surface area contributed by atoms with Crippen molar-refractivity contribution in [3.8, 4) is 0 Å². The predicted octanol–water partition coefficient (Wildman–Crippen LogP) is -0.533. The molecular formula is C12H23NO2. The van der Waals surface area contributed by atoms with Crippen molar-refractivity contribution in [2.75, 3.05) is 19.6 Å². The summed E-state index contributed by atoms with van der Waals surface area (Å²) in [6, 6.07) is 0. The molecule has 1 fully saturated rings.